The topological polar surface area (TPSA) is 63.9 Å². The van der Waals surface area contributed by atoms with Gasteiger partial charge in [0.25, 0.3) is 5.56 Å². The number of aromatic nitrogens is 4. The smallest absolute Gasteiger partial charge is 0.261 e. The maximum atomic E-state index is 12.9. The van der Waals surface area contributed by atoms with E-state index in [4.69, 9.17) is 9.97 Å². The molecule has 1 aromatic carbocycles. The van der Waals surface area contributed by atoms with Crippen LogP contribution in [0.15, 0.2) is 29.1 Å². The number of para-hydroxylation sites is 1. The zero-order chi connectivity index (χ0) is 18.5. The maximum absolute atomic E-state index is 12.9. The highest BCUT2D eigenvalue weighted by molar-refractivity contribution is 5.77. The molecular weight excluding hydrogens is 338 g/mol. The van der Waals surface area contributed by atoms with Crippen molar-refractivity contribution in [3.8, 4) is 0 Å². The number of rotatable bonds is 2. The van der Waals surface area contributed by atoms with Gasteiger partial charge in [0, 0.05) is 24.8 Å². The van der Waals surface area contributed by atoms with Crippen LogP contribution >= 0.6 is 0 Å². The second-order valence-corrected chi connectivity index (χ2v) is 7.58. The van der Waals surface area contributed by atoms with Gasteiger partial charge in [0.1, 0.15) is 17.5 Å². The Morgan fingerprint density at radius 3 is 2.81 bits per heavy atom. The number of nitrogens with zero attached hydrogens (tertiary/aromatic N) is 5. The van der Waals surface area contributed by atoms with Crippen molar-refractivity contribution < 1.29 is 0 Å². The van der Waals surface area contributed by atoms with Gasteiger partial charge in [-0.1, -0.05) is 12.1 Å². The van der Waals surface area contributed by atoms with Gasteiger partial charge in [-0.25, -0.2) is 15.0 Å². The first-order valence-electron chi connectivity index (χ1n) is 9.72. The first-order valence-corrected chi connectivity index (χ1v) is 9.72. The first kappa shape index (κ1) is 16.4. The second-order valence-electron chi connectivity index (χ2n) is 7.58. The average Bonchev–Trinajstić information content (AvgIpc) is 3.33. The van der Waals surface area contributed by atoms with Gasteiger partial charge in [0.15, 0.2) is 0 Å². The molecule has 2 aliphatic rings. The Bertz CT molecular complexity index is 1100. The summed E-state index contributed by atoms with van der Waals surface area (Å²) in [6, 6.07) is 7.67. The summed E-state index contributed by atoms with van der Waals surface area (Å²) in [5.74, 6) is 2.72. The van der Waals surface area contributed by atoms with E-state index in [0.717, 1.165) is 61.6 Å². The van der Waals surface area contributed by atoms with E-state index in [1.807, 2.05) is 38.2 Å². The predicted molar refractivity (Wildman–Crippen MR) is 105 cm³/mol. The largest absolute Gasteiger partial charge is 0.346 e. The van der Waals surface area contributed by atoms with Crippen molar-refractivity contribution >= 4 is 16.7 Å². The van der Waals surface area contributed by atoms with Crippen LogP contribution in [-0.4, -0.2) is 26.1 Å². The van der Waals surface area contributed by atoms with E-state index in [1.165, 1.54) is 11.3 Å². The molecule has 6 nitrogen and oxygen atoms in total. The molecule has 1 atom stereocenters. The highest BCUT2D eigenvalue weighted by atomic mass is 16.1. The fraction of sp³-hybridized carbons (Fsp3) is 0.429. The molecule has 138 valence electrons. The summed E-state index contributed by atoms with van der Waals surface area (Å²) in [5, 5.41) is 0.673. The Hall–Kier alpha value is -2.76. The third-order valence-corrected chi connectivity index (χ3v) is 5.86. The van der Waals surface area contributed by atoms with Crippen LogP contribution in [0.5, 0.6) is 0 Å². The number of fused-ring (bicyclic) bond motifs is 2. The molecule has 1 aliphatic heterocycles. The second kappa shape index (κ2) is 6.15. The summed E-state index contributed by atoms with van der Waals surface area (Å²) in [7, 11) is 1.84. The molecule has 27 heavy (non-hydrogen) atoms. The lowest BCUT2D eigenvalue weighted by Gasteiger charge is -2.28. The molecule has 0 spiro atoms. The SMILES string of the molecule is Cc1nc2c(c(N3CCCC3c3nc4ccccc4c(=O)n3C)n1)CCC2. The van der Waals surface area contributed by atoms with Gasteiger partial charge in [-0.15, -0.1) is 0 Å². The van der Waals surface area contributed by atoms with Crippen molar-refractivity contribution in [3.05, 3.63) is 57.5 Å². The Kier molecular flexibility index (Phi) is 3.74. The Balaban J connectivity index is 1.66. The summed E-state index contributed by atoms with van der Waals surface area (Å²) >= 11 is 0. The van der Waals surface area contributed by atoms with Gasteiger partial charge < -0.3 is 4.90 Å². The van der Waals surface area contributed by atoms with E-state index in [9.17, 15) is 4.79 Å². The van der Waals surface area contributed by atoms with Crippen LogP contribution in [0, 0.1) is 6.92 Å². The quantitative estimate of drug-likeness (QED) is 0.702. The molecule has 1 unspecified atom stereocenters. The fourth-order valence-corrected chi connectivity index (χ4v) is 4.59. The first-order chi connectivity index (χ1) is 13.1. The number of hydrogen-bond donors (Lipinski definition) is 0. The minimum Gasteiger partial charge on any atom is -0.346 e. The lowest BCUT2D eigenvalue weighted by molar-refractivity contribution is 0.605. The zero-order valence-electron chi connectivity index (χ0n) is 15.8. The predicted octanol–water partition coefficient (Wildman–Crippen LogP) is 2.86. The molecule has 2 aromatic heterocycles. The number of anilines is 1. The molecule has 3 aromatic rings. The molecule has 5 rings (SSSR count). The highest BCUT2D eigenvalue weighted by Gasteiger charge is 2.33. The Morgan fingerprint density at radius 1 is 1.07 bits per heavy atom. The maximum Gasteiger partial charge on any atom is 0.261 e. The van der Waals surface area contributed by atoms with Crippen molar-refractivity contribution in [2.24, 2.45) is 7.05 Å². The van der Waals surface area contributed by atoms with Crippen LogP contribution < -0.4 is 10.5 Å². The number of hydrogen-bond acceptors (Lipinski definition) is 5. The lowest BCUT2D eigenvalue weighted by Crippen LogP contribution is -2.32. The number of benzene rings is 1. The number of aryl methyl sites for hydroxylation is 2. The molecule has 0 amide bonds. The highest BCUT2D eigenvalue weighted by Crippen LogP contribution is 2.38. The van der Waals surface area contributed by atoms with Crippen molar-refractivity contribution in [2.45, 2.75) is 45.1 Å². The van der Waals surface area contributed by atoms with Crippen molar-refractivity contribution in [2.75, 3.05) is 11.4 Å². The molecule has 6 heteroatoms. The van der Waals surface area contributed by atoms with E-state index in [1.54, 1.807) is 4.57 Å². The fourth-order valence-electron chi connectivity index (χ4n) is 4.59. The van der Waals surface area contributed by atoms with E-state index < -0.39 is 0 Å². The lowest BCUT2D eigenvalue weighted by atomic mass is 10.1. The van der Waals surface area contributed by atoms with Crippen LogP contribution in [0.25, 0.3) is 10.9 Å². The standard InChI is InChI=1S/C21H23N5O/c1-13-22-16-10-5-8-14(16)19(23-13)26-12-6-11-18(26)20-24-17-9-4-3-7-15(17)21(27)25(20)2/h3-4,7,9,18H,5-6,8,10-12H2,1-2H3. The van der Waals surface area contributed by atoms with Crippen LogP contribution in [0.2, 0.25) is 0 Å². The van der Waals surface area contributed by atoms with E-state index in [-0.39, 0.29) is 11.6 Å². The van der Waals surface area contributed by atoms with Crippen molar-refractivity contribution in [3.63, 3.8) is 0 Å². The van der Waals surface area contributed by atoms with Crippen molar-refractivity contribution in [1.82, 2.24) is 19.5 Å². The minimum atomic E-state index is 0.0200. The molecule has 3 heterocycles. The Morgan fingerprint density at radius 2 is 1.93 bits per heavy atom. The monoisotopic (exact) mass is 361 g/mol. The molecule has 0 bridgehead atoms. The van der Waals surface area contributed by atoms with Crippen LogP contribution in [0.1, 0.15) is 48.2 Å². The van der Waals surface area contributed by atoms with Gasteiger partial charge in [0.05, 0.1) is 16.9 Å². The molecule has 0 saturated carbocycles. The van der Waals surface area contributed by atoms with Gasteiger partial charge in [0.2, 0.25) is 0 Å². The van der Waals surface area contributed by atoms with Gasteiger partial charge in [-0.05, 0) is 51.2 Å². The molecule has 0 N–H and O–H groups in total. The third-order valence-electron chi connectivity index (χ3n) is 5.86. The summed E-state index contributed by atoms with van der Waals surface area (Å²) in [4.78, 5) is 29.6. The van der Waals surface area contributed by atoms with Crippen LogP contribution in [0.4, 0.5) is 5.82 Å². The van der Waals surface area contributed by atoms with Crippen LogP contribution in [-0.2, 0) is 19.9 Å². The average molecular weight is 361 g/mol. The summed E-state index contributed by atoms with van der Waals surface area (Å²) in [6.45, 7) is 2.91. The normalized spacial score (nSPS) is 19.0. The minimum absolute atomic E-state index is 0.0200. The Labute approximate surface area is 157 Å². The van der Waals surface area contributed by atoms with Gasteiger partial charge in [-0.3, -0.25) is 9.36 Å². The molecule has 1 saturated heterocycles. The van der Waals surface area contributed by atoms with Crippen LogP contribution in [0.3, 0.4) is 0 Å². The molecular formula is C21H23N5O. The summed E-state index contributed by atoms with van der Waals surface area (Å²) in [6.07, 6.45) is 5.28. The van der Waals surface area contributed by atoms with Crippen molar-refractivity contribution in [1.29, 1.82) is 0 Å². The molecule has 1 aliphatic carbocycles. The molecule has 1 fully saturated rings. The summed E-state index contributed by atoms with van der Waals surface area (Å²) < 4.78 is 1.72. The van der Waals surface area contributed by atoms with E-state index in [2.05, 4.69) is 9.88 Å². The third kappa shape index (κ3) is 2.54. The van der Waals surface area contributed by atoms with E-state index >= 15 is 0 Å². The summed E-state index contributed by atoms with van der Waals surface area (Å²) in [5.41, 5.74) is 3.28. The van der Waals surface area contributed by atoms with Gasteiger partial charge in [-0.2, -0.15) is 0 Å². The van der Waals surface area contributed by atoms with Gasteiger partial charge >= 0.3 is 0 Å². The van der Waals surface area contributed by atoms with E-state index in [0.29, 0.717) is 5.39 Å². The zero-order valence-corrected chi connectivity index (χ0v) is 15.8. The molecule has 0 radical (unpaired) electrons.